The van der Waals surface area contributed by atoms with Crippen molar-refractivity contribution in [2.75, 3.05) is 39.5 Å². The molecule has 0 aliphatic heterocycles. The molecule has 0 aliphatic rings. The Morgan fingerprint density at radius 1 is 0.635 bits per heavy atom. The van der Waals surface area contributed by atoms with E-state index in [-0.39, 0.29) is 119 Å². The lowest BCUT2D eigenvalue weighted by Gasteiger charge is -2.33. The molecule has 0 bridgehead atoms. The Balaban J connectivity index is -0.0000183. The zero-order valence-electron chi connectivity index (χ0n) is 46.0. The smallest absolute Gasteiger partial charge is 0.306 e. The highest BCUT2D eigenvalue weighted by molar-refractivity contribution is 5.99. The minimum absolute atomic E-state index is 0. The van der Waals surface area contributed by atoms with E-state index in [0.717, 1.165) is 25.7 Å². The van der Waals surface area contributed by atoms with Crippen molar-refractivity contribution in [2.45, 2.75) is 214 Å². The van der Waals surface area contributed by atoms with Crippen LogP contribution in [0.5, 0.6) is 0 Å². The second-order valence-corrected chi connectivity index (χ2v) is 21.8. The molecular weight excluding hydrogens is 953 g/mol. The minimum Gasteiger partial charge on any atom is -0.481 e. The van der Waals surface area contributed by atoms with Crippen molar-refractivity contribution >= 4 is 52.8 Å². The maximum atomic E-state index is 13.5. The molecular formula is C55H100N6O13. The largest absolute Gasteiger partial charge is 0.481 e. The number of aromatic amines is 1. The van der Waals surface area contributed by atoms with Crippen LogP contribution >= 0.6 is 0 Å². The van der Waals surface area contributed by atoms with Crippen molar-refractivity contribution in [3.63, 3.8) is 0 Å². The molecule has 19 heteroatoms. The molecule has 0 fully saturated rings. The quantitative estimate of drug-likeness (QED) is 0.0305. The van der Waals surface area contributed by atoms with Crippen molar-refractivity contribution in [3.05, 3.63) is 18.2 Å². The standard InChI is InChI=1S/C55H94N6O13.3H2/c1-8-9-10-11-12-13-14-15-16-17-18-19-20-24-43(62)32-41(52(71)72)25-26-48(66)59-28-29-73-30-31-74-38-49(67)58-27-22-21-23-40(51(69)70)33-45(63)53(2,3)35-46(64)54(4,5)36-47(65)55(6,7)61-50(68)44(56)34-42-37-57-39-60-42;;;/h37,39-41,44H,8-36,38,56H2,1-7H3,(H,57,60)(H,58,67)(H,59,66)(H,61,68)(H,69,70)(H,71,72);3*1H/t40-,41-,44+;;;/m1.../s1. The van der Waals surface area contributed by atoms with E-state index in [9.17, 15) is 53.4 Å². The summed E-state index contributed by atoms with van der Waals surface area (Å²) in [5.74, 6) is -6.63. The second-order valence-electron chi connectivity index (χ2n) is 21.8. The van der Waals surface area contributed by atoms with E-state index in [0.29, 0.717) is 25.0 Å². The first kappa shape index (κ1) is 67.1. The van der Waals surface area contributed by atoms with Gasteiger partial charge in [-0.1, -0.05) is 118 Å². The van der Waals surface area contributed by atoms with Crippen molar-refractivity contribution in [2.24, 2.45) is 28.4 Å². The van der Waals surface area contributed by atoms with E-state index < -0.39 is 63.7 Å². The van der Waals surface area contributed by atoms with E-state index >= 15 is 0 Å². The summed E-state index contributed by atoms with van der Waals surface area (Å²) in [6.07, 6.45) is 19.5. The van der Waals surface area contributed by atoms with Gasteiger partial charge in [-0.25, -0.2) is 4.98 Å². The fourth-order valence-corrected chi connectivity index (χ4v) is 8.33. The van der Waals surface area contributed by atoms with Crippen LogP contribution in [0.2, 0.25) is 0 Å². The molecule has 0 spiro atoms. The van der Waals surface area contributed by atoms with Gasteiger partial charge in [-0.15, -0.1) is 0 Å². The van der Waals surface area contributed by atoms with Crippen LogP contribution in [0.3, 0.4) is 0 Å². The lowest BCUT2D eigenvalue weighted by atomic mass is 9.71. The number of Topliss-reactive ketones (excluding diaryl/α,β-unsaturated/α-hetero) is 4. The van der Waals surface area contributed by atoms with Crippen LogP contribution < -0.4 is 21.7 Å². The number of ketones is 4. The molecule has 8 N–H and O–H groups in total. The summed E-state index contributed by atoms with van der Waals surface area (Å²) in [6, 6.07) is -0.941. The van der Waals surface area contributed by atoms with Crippen LogP contribution in [0, 0.1) is 22.7 Å². The Hall–Kier alpha value is -4.88. The number of imidazole rings is 1. The number of unbranched alkanes of at least 4 members (excludes halogenated alkanes) is 13. The van der Waals surface area contributed by atoms with Crippen molar-refractivity contribution < 1.29 is 67.1 Å². The fourth-order valence-electron chi connectivity index (χ4n) is 8.33. The zero-order chi connectivity index (χ0) is 55.6. The predicted molar refractivity (Wildman–Crippen MR) is 288 cm³/mol. The van der Waals surface area contributed by atoms with Gasteiger partial charge in [-0.3, -0.25) is 43.2 Å². The number of hydrogen-bond donors (Lipinski definition) is 7. The van der Waals surface area contributed by atoms with Crippen LogP contribution in [0.1, 0.15) is 206 Å². The number of carbonyl (C=O) groups excluding carboxylic acids is 7. The summed E-state index contributed by atoms with van der Waals surface area (Å²) in [5.41, 5.74) is 2.94. The number of carboxylic acids is 2. The molecule has 1 aromatic heterocycles. The Labute approximate surface area is 445 Å². The average Bonchev–Trinajstić information content (AvgIpc) is 3.84. The first-order chi connectivity index (χ1) is 34.9. The summed E-state index contributed by atoms with van der Waals surface area (Å²) in [7, 11) is 0. The summed E-state index contributed by atoms with van der Waals surface area (Å²) in [4.78, 5) is 121. The van der Waals surface area contributed by atoms with Gasteiger partial charge < -0.3 is 46.4 Å². The highest BCUT2D eigenvalue weighted by Crippen LogP contribution is 2.34. The van der Waals surface area contributed by atoms with E-state index in [1.807, 2.05) is 0 Å². The fraction of sp³-hybridized carbons (Fsp3) is 0.782. The second kappa shape index (κ2) is 37.0. The monoisotopic (exact) mass is 1050 g/mol. The maximum absolute atomic E-state index is 13.5. The molecule has 19 nitrogen and oxygen atoms in total. The van der Waals surface area contributed by atoms with E-state index in [1.54, 1.807) is 33.9 Å². The number of hydrogen-bond acceptors (Lipinski definition) is 13. The number of ether oxygens (including phenoxy) is 2. The number of nitrogens with one attached hydrogen (secondary N) is 4. The molecule has 428 valence electrons. The third-order valence-corrected chi connectivity index (χ3v) is 13.5. The molecule has 0 radical (unpaired) electrons. The molecule has 3 atom stereocenters. The van der Waals surface area contributed by atoms with Gasteiger partial charge in [0.2, 0.25) is 17.7 Å². The number of nitrogens with two attached hydrogens (primary N) is 1. The summed E-state index contributed by atoms with van der Waals surface area (Å²) >= 11 is 0. The van der Waals surface area contributed by atoms with E-state index in [4.69, 9.17) is 15.2 Å². The molecule has 74 heavy (non-hydrogen) atoms. The molecule has 0 saturated heterocycles. The summed E-state index contributed by atoms with van der Waals surface area (Å²) in [5, 5.41) is 27.6. The zero-order valence-corrected chi connectivity index (χ0v) is 46.0. The molecule has 0 unspecified atom stereocenters. The molecule has 3 amide bonds. The summed E-state index contributed by atoms with van der Waals surface area (Å²) in [6.45, 7) is 12.3. The van der Waals surface area contributed by atoms with Gasteiger partial charge in [0.15, 0.2) is 5.78 Å². The number of aliphatic carboxylic acids is 2. The Bertz CT molecular complexity index is 1880. The number of rotatable bonds is 47. The highest BCUT2D eigenvalue weighted by Gasteiger charge is 2.41. The molecule has 1 heterocycles. The minimum atomic E-state index is -1.34. The van der Waals surface area contributed by atoms with Crippen LogP contribution in [0.25, 0.3) is 0 Å². The van der Waals surface area contributed by atoms with Gasteiger partial charge in [-0.05, 0) is 39.5 Å². The molecule has 0 aliphatic carbocycles. The average molecular weight is 1050 g/mol. The number of nitrogens with zero attached hydrogens (tertiary/aromatic N) is 1. The van der Waals surface area contributed by atoms with Gasteiger partial charge in [0, 0.05) is 85.0 Å². The molecule has 1 rings (SSSR count). The Morgan fingerprint density at radius 3 is 1.76 bits per heavy atom. The number of aromatic nitrogens is 2. The van der Waals surface area contributed by atoms with Gasteiger partial charge in [-0.2, -0.15) is 0 Å². The lowest BCUT2D eigenvalue weighted by Crippen LogP contribution is -2.56. The molecule has 0 aromatic carbocycles. The SMILES string of the molecule is CCCCCCCCCCCCCCCC(=O)C[C@@H](CCC(=O)NCCOCCOCC(=O)NCCCC[C@H](CC(=O)C(C)(C)CC(=O)C(C)(C)CC(=O)C(C)(C)NC(=O)[C@@H](N)Cc1cnc[nH]1)C(=O)O)C(=O)O.[HH].[HH].[HH]. The van der Waals surface area contributed by atoms with E-state index in [1.165, 1.54) is 78.0 Å². The highest BCUT2D eigenvalue weighted by atomic mass is 16.5. The van der Waals surface area contributed by atoms with Crippen LogP contribution in [0.4, 0.5) is 0 Å². The lowest BCUT2D eigenvalue weighted by molar-refractivity contribution is -0.146. The van der Waals surface area contributed by atoms with Crippen LogP contribution in [-0.2, 0) is 59.0 Å². The normalized spacial score (nSPS) is 13.1. The third-order valence-electron chi connectivity index (χ3n) is 13.5. The van der Waals surface area contributed by atoms with Gasteiger partial charge in [0.1, 0.15) is 24.0 Å². The third kappa shape index (κ3) is 30.5. The number of amides is 3. The summed E-state index contributed by atoms with van der Waals surface area (Å²) < 4.78 is 10.8. The van der Waals surface area contributed by atoms with Crippen LogP contribution in [-0.4, -0.2) is 124 Å². The predicted octanol–water partition coefficient (Wildman–Crippen LogP) is 7.90. The van der Waals surface area contributed by atoms with Gasteiger partial charge >= 0.3 is 11.9 Å². The Kier molecular flexibility index (Phi) is 33.5. The maximum Gasteiger partial charge on any atom is 0.306 e. The van der Waals surface area contributed by atoms with Gasteiger partial charge in [0.25, 0.3) is 0 Å². The van der Waals surface area contributed by atoms with Crippen molar-refractivity contribution in [1.29, 1.82) is 0 Å². The number of carboxylic acid groups (broad SMARTS) is 2. The first-order valence-electron chi connectivity index (χ1n) is 27.2. The molecule has 0 saturated carbocycles. The van der Waals surface area contributed by atoms with Crippen molar-refractivity contribution in [3.8, 4) is 0 Å². The van der Waals surface area contributed by atoms with Crippen LogP contribution in [0.15, 0.2) is 12.5 Å². The Morgan fingerprint density at radius 2 is 1.18 bits per heavy atom. The first-order valence-corrected chi connectivity index (χ1v) is 27.2. The van der Waals surface area contributed by atoms with Crippen molar-refractivity contribution in [1.82, 2.24) is 25.9 Å². The number of H-pyrrole nitrogens is 1. The molecule has 1 aromatic rings. The van der Waals surface area contributed by atoms with E-state index in [2.05, 4.69) is 32.8 Å². The topological polar surface area (TPSA) is 303 Å². The number of carbonyl (C=O) groups is 9. The van der Waals surface area contributed by atoms with Gasteiger partial charge in [0.05, 0.1) is 49.6 Å².